The van der Waals surface area contributed by atoms with Crippen LogP contribution in [-0.2, 0) is 4.79 Å². The van der Waals surface area contributed by atoms with Gasteiger partial charge in [-0.15, -0.1) is 0 Å². The van der Waals surface area contributed by atoms with Gasteiger partial charge < -0.3 is 15.9 Å². The summed E-state index contributed by atoms with van der Waals surface area (Å²) in [4.78, 5) is 23.4. The lowest BCUT2D eigenvalue weighted by Gasteiger charge is -1.90. The molecule has 0 fully saturated rings. The molecule has 0 saturated carbocycles. The monoisotopic (exact) mass is 212 g/mol. The van der Waals surface area contributed by atoms with Gasteiger partial charge in [0.25, 0.3) is 0 Å². The number of aromatic nitrogens is 1. The molecule has 0 aliphatic heterocycles. The molecule has 1 atom stereocenters. The number of pyridine rings is 1. The largest absolute Gasteiger partial charge is 0.480 e. The average Bonchev–Trinajstić information content (AvgIpc) is 2.20. The van der Waals surface area contributed by atoms with E-state index in [1.54, 1.807) is 0 Å². The topological polar surface area (TPSA) is 114 Å². The number of nitrogens with zero attached hydrogens (tertiary/aromatic N) is 1. The smallest absolute Gasteiger partial charge is 0.335 e. The van der Waals surface area contributed by atoms with E-state index in [0.29, 0.717) is 0 Å². The molecule has 0 radical (unpaired) electrons. The Kier molecular flexibility index (Phi) is 5.65. The molecule has 0 aliphatic carbocycles. The van der Waals surface area contributed by atoms with Crippen molar-refractivity contribution in [3.63, 3.8) is 0 Å². The number of carboxylic acids is 2. The molecule has 15 heavy (non-hydrogen) atoms. The standard InChI is InChI=1S/C6H5NO2.C3H7NO2/c8-6(9)5-1-3-7-4-2-5;1-2(4)3(5)6/h1-4H,(H,8,9);2H,4H2,1H3,(H,5,6)/t;2-/m.0/s1. The Morgan fingerprint density at radius 2 is 1.73 bits per heavy atom. The molecule has 0 saturated heterocycles. The maximum atomic E-state index is 10.2. The number of carbonyl (C=O) groups is 2. The predicted molar refractivity (Wildman–Crippen MR) is 52.5 cm³/mol. The minimum atomic E-state index is -0.963. The molecule has 0 unspecified atom stereocenters. The van der Waals surface area contributed by atoms with Crippen molar-refractivity contribution in [1.82, 2.24) is 4.98 Å². The number of carboxylic acid groups (broad SMARTS) is 2. The highest BCUT2D eigenvalue weighted by Crippen LogP contribution is 1.93. The van der Waals surface area contributed by atoms with E-state index in [4.69, 9.17) is 15.9 Å². The molecule has 6 heteroatoms. The van der Waals surface area contributed by atoms with E-state index >= 15 is 0 Å². The lowest BCUT2D eigenvalue weighted by Crippen LogP contribution is -2.25. The highest BCUT2D eigenvalue weighted by molar-refractivity contribution is 5.87. The predicted octanol–water partition coefficient (Wildman–Crippen LogP) is 0.198. The summed E-state index contributed by atoms with van der Waals surface area (Å²) in [6.45, 7) is 1.42. The fraction of sp³-hybridized carbons (Fsp3) is 0.222. The number of rotatable bonds is 2. The third-order valence-electron chi connectivity index (χ3n) is 1.32. The lowest BCUT2D eigenvalue weighted by molar-refractivity contribution is -0.138. The third-order valence-corrected chi connectivity index (χ3v) is 1.32. The first-order valence-corrected chi connectivity index (χ1v) is 4.07. The molecule has 0 aliphatic rings. The highest BCUT2D eigenvalue weighted by Gasteiger charge is 1.99. The fourth-order valence-electron chi connectivity index (χ4n) is 0.494. The van der Waals surface area contributed by atoms with Crippen LogP contribution in [0.3, 0.4) is 0 Å². The Balaban J connectivity index is 0.000000288. The van der Waals surface area contributed by atoms with Crippen LogP contribution in [0.5, 0.6) is 0 Å². The van der Waals surface area contributed by atoms with Crippen LogP contribution in [-0.4, -0.2) is 33.2 Å². The molecule has 4 N–H and O–H groups in total. The van der Waals surface area contributed by atoms with Crippen LogP contribution in [0, 0.1) is 0 Å². The minimum Gasteiger partial charge on any atom is -0.480 e. The Morgan fingerprint density at radius 3 is 1.93 bits per heavy atom. The summed E-state index contributed by atoms with van der Waals surface area (Å²) in [7, 11) is 0. The average molecular weight is 212 g/mol. The van der Waals surface area contributed by atoms with Crippen molar-refractivity contribution in [2.45, 2.75) is 13.0 Å². The maximum Gasteiger partial charge on any atom is 0.335 e. The summed E-state index contributed by atoms with van der Waals surface area (Å²) >= 11 is 0. The van der Waals surface area contributed by atoms with Gasteiger partial charge in [-0.05, 0) is 19.1 Å². The zero-order chi connectivity index (χ0) is 11.8. The van der Waals surface area contributed by atoms with E-state index in [9.17, 15) is 9.59 Å². The van der Waals surface area contributed by atoms with E-state index in [1.807, 2.05) is 0 Å². The SMILES string of the molecule is C[C@H](N)C(=O)O.O=C(O)c1ccncc1. The zero-order valence-electron chi connectivity index (χ0n) is 8.12. The molecule has 1 aromatic heterocycles. The first kappa shape index (κ1) is 13.1. The molecule has 0 spiro atoms. The third kappa shape index (κ3) is 6.17. The van der Waals surface area contributed by atoms with Gasteiger partial charge in [0.05, 0.1) is 5.56 Å². The molecule has 1 rings (SSSR count). The van der Waals surface area contributed by atoms with Crippen molar-refractivity contribution >= 4 is 11.9 Å². The highest BCUT2D eigenvalue weighted by atomic mass is 16.4. The summed E-state index contributed by atoms with van der Waals surface area (Å²) < 4.78 is 0. The first-order chi connectivity index (χ1) is 6.95. The number of hydrogen-bond donors (Lipinski definition) is 3. The Hall–Kier alpha value is -1.95. The molecule has 1 heterocycles. The Bertz CT molecular complexity index is 324. The van der Waals surface area contributed by atoms with Gasteiger partial charge in [0.15, 0.2) is 0 Å². The molecule has 0 bridgehead atoms. The zero-order valence-corrected chi connectivity index (χ0v) is 8.12. The molecule has 6 nitrogen and oxygen atoms in total. The second-order valence-electron chi connectivity index (χ2n) is 2.67. The number of aliphatic carboxylic acids is 1. The van der Waals surface area contributed by atoms with E-state index in [0.717, 1.165) is 0 Å². The summed E-state index contributed by atoms with van der Waals surface area (Å²) in [5.41, 5.74) is 5.10. The minimum absolute atomic E-state index is 0.269. The van der Waals surface area contributed by atoms with Crippen LogP contribution in [0.2, 0.25) is 0 Å². The maximum absolute atomic E-state index is 10.2. The van der Waals surface area contributed by atoms with Crippen LogP contribution in [0.4, 0.5) is 0 Å². The summed E-state index contributed by atoms with van der Waals surface area (Å²) in [5, 5.41) is 16.2. The molecule has 0 amide bonds. The van der Waals surface area contributed by atoms with Crippen molar-refractivity contribution in [1.29, 1.82) is 0 Å². The quantitative estimate of drug-likeness (QED) is 0.645. The van der Waals surface area contributed by atoms with Crippen LogP contribution in [0.25, 0.3) is 0 Å². The van der Waals surface area contributed by atoms with E-state index in [1.165, 1.54) is 31.5 Å². The fourth-order valence-corrected chi connectivity index (χ4v) is 0.494. The summed E-state index contributed by atoms with van der Waals surface area (Å²) in [6, 6.07) is 2.16. The second kappa shape index (κ2) is 6.50. The van der Waals surface area contributed by atoms with Crippen molar-refractivity contribution in [2.24, 2.45) is 5.73 Å². The molecule has 1 aromatic rings. The molecular weight excluding hydrogens is 200 g/mol. The van der Waals surface area contributed by atoms with Gasteiger partial charge in [0.2, 0.25) is 0 Å². The van der Waals surface area contributed by atoms with Crippen LogP contribution in [0.15, 0.2) is 24.5 Å². The summed E-state index contributed by atoms with van der Waals surface area (Å²) in [6.07, 6.45) is 2.90. The van der Waals surface area contributed by atoms with Crippen molar-refractivity contribution < 1.29 is 19.8 Å². The number of hydrogen-bond acceptors (Lipinski definition) is 4. The number of aromatic carboxylic acids is 1. The summed E-state index contributed by atoms with van der Waals surface area (Å²) in [5.74, 6) is -1.88. The van der Waals surface area contributed by atoms with Crippen molar-refractivity contribution in [3.05, 3.63) is 30.1 Å². The number of nitrogens with two attached hydrogens (primary N) is 1. The molecule has 82 valence electrons. The van der Waals surface area contributed by atoms with E-state index in [2.05, 4.69) is 4.98 Å². The molecule has 0 aromatic carbocycles. The van der Waals surface area contributed by atoms with Crippen molar-refractivity contribution in [2.75, 3.05) is 0 Å². The van der Waals surface area contributed by atoms with Gasteiger partial charge >= 0.3 is 11.9 Å². The lowest BCUT2D eigenvalue weighted by atomic mass is 10.3. The van der Waals surface area contributed by atoms with E-state index < -0.39 is 18.0 Å². The second-order valence-corrected chi connectivity index (χ2v) is 2.67. The van der Waals surface area contributed by atoms with Crippen molar-refractivity contribution in [3.8, 4) is 0 Å². The van der Waals surface area contributed by atoms with Gasteiger partial charge in [-0.1, -0.05) is 0 Å². The van der Waals surface area contributed by atoms with Gasteiger partial charge in [-0.25, -0.2) is 4.79 Å². The first-order valence-electron chi connectivity index (χ1n) is 4.07. The van der Waals surface area contributed by atoms with Gasteiger partial charge in [0.1, 0.15) is 6.04 Å². The van der Waals surface area contributed by atoms with E-state index in [-0.39, 0.29) is 5.56 Å². The van der Waals surface area contributed by atoms with Gasteiger partial charge in [-0.3, -0.25) is 9.78 Å². The normalized spacial score (nSPS) is 10.8. The van der Waals surface area contributed by atoms with Crippen LogP contribution in [0.1, 0.15) is 17.3 Å². The molecular formula is C9H12N2O4. The van der Waals surface area contributed by atoms with Crippen LogP contribution >= 0.6 is 0 Å². The van der Waals surface area contributed by atoms with Crippen LogP contribution < -0.4 is 5.73 Å². The Morgan fingerprint density at radius 1 is 1.33 bits per heavy atom. The Labute approximate surface area is 86.4 Å². The van der Waals surface area contributed by atoms with Gasteiger partial charge in [0, 0.05) is 12.4 Å². The van der Waals surface area contributed by atoms with Gasteiger partial charge in [-0.2, -0.15) is 0 Å².